The molecular weight excluding hydrogens is 196 g/mol. The standard InChI is InChI=1S/C11H22O2S/c1-4-5-6-7-8-14-10(2)9-11(12)13-3/h10H,4-9H2,1-3H3. The van der Waals surface area contributed by atoms with Crippen molar-refractivity contribution in [2.75, 3.05) is 12.9 Å². The molecule has 0 N–H and O–H groups in total. The molecule has 0 saturated carbocycles. The molecule has 0 heterocycles. The summed E-state index contributed by atoms with van der Waals surface area (Å²) in [5, 5.41) is 0.393. The molecule has 0 radical (unpaired) electrons. The minimum absolute atomic E-state index is 0.0986. The Morgan fingerprint density at radius 1 is 1.36 bits per heavy atom. The van der Waals surface area contributed by atoms with Gasteiger partial charge >= 0.3 is 5.97 Å². The first-order valence-corrected chi connectivity index (χ1v) is 6.44. The van der Waals surface area contributed by atoms with Crippen LogP contribution in [0.1, 0.15) is 46.0 Å². The van der Waals surface area contributed by atoms with Gasteiger partial charge in [-0.25, -0.2) is 0 Å². The number of hydrogen-bond donors (Lipinski definition) is 0. The quantitative estimate of drug-likeness (QED) is 0.462. The van der Waals surface area contributed by atoms with E-state index in [-0.39, 0.29) is 5.97 Å². The molecule has 0 aliphatic heterocycles. The maximum Gasteiger partial charge on any atom is 0.306 e. The lowest BCUT2D eigenvalue weighted by molar-refractivity contribution is -0.140. The Morgan fingerprint density at radius 2 is 2.07 bits per heavy atom. The molecule has 0 amide bonds. The Labute approximate surface area is 91.8 Å². The van der Waals surface area contributed by atoms with Crippen molar-refractivity contribution in [3.63, 3.8) is 0 Å². The number of thioether (sulfide) groups is 1. The van der Waals surface area contributed by atoms with Gasteiger partial charge in [-0.3, -0.25) is 4.79 Å². The van der Waals surface area contributed by atoms with E-state index in [0.717, 1.165) is 5.75 Å². The van der Waals surface area contributed by atoms with Gasteiger partial charge in [0.15, 0.2) is 0 Å². The molecule has 0 rings (SSSR count). The molecule has 0 bridgehead atoms. The van der Waals surface area contributed by atoms with Gasteiger partial charge in [0.1, 0.15) is 0 Å². The van der Waals surface area contributed by atoms with Crippen LogP contribution in [-0.2, 0) is 9.53 Å². The second-order valence-corrected chi connectivity index (χ2v) is 5.07. The normalized spacial score (nSPS) is 12.5. The van der Waals surface area contributed by atoms with Crippen molar-refractivity contribution in [1.82, 2.24) is 0 Å². The van der Waals surface area contributed by atoms with Gasteiger partial charge in [0.25, 0.3) is 0 Å². The van der Waals surface area contributed by atoms with Crippen LogP contribution in [0.5, 0.6) is 0 Å². The molecule has 0 aromatic heterocycles. The van der Waals surface area contributed by atoms with Crippen LogP contribution in [0.25, 0.3) is 0 Å². The fraction of sp³-hybridized carbons (Fsp3) is 0.909. The van der Waals surface area contributed by atoms with Crippen LogP contribution in [0.4, 0.5) is 0 Å². The maximum absolute atomic E-state index is 10.9. The highest BCUT2D eigenvalue weighted by Gasteiger charge is 2.08. The summed E-state index contributed by atoms with van der Waals surface area (Å²) in [6.45, 7) is 4.30. The van der Waals surface area contributed by atoms with E-state index in [2.05, 4.69) is 18.6 Å². The number of carbonyl (C=O) groups excluding carboxylic acids is 1. The largest absolute Gasteiger partial charge is 0.469 e. The van der Waals surface area contributed by atoms with Crippen LogP contribution >= 0.6 is 11.8 Å². The van der Waals surface area contributed by atoms with Crippen LogP contribution in [-0.4, -0.2) is 24.1 Å². The second kappa shape index (κ2) is 9.38. The molecule has 0 saturated heterocycles. The SMILES string of the molecule is CCCCCCSC(C)CC(=O)OC. The summed E-state index contributed by atoms with van der Waals surface area (Å²) < 4.78 is 4.61. The first-order valence-electron chi connectivity index (χ1n) is 5.39. The number of hydrogen-bond acceptors (Lipinski definition) is 3. The van der Waals surface area contributed by atoms with Gasteiger partial charge in [-0.15, -0.1) is 0 Å². The van der Waals surface area contributed by atoms with Gasteiger partial charge in [-0.1, -0.05) is 33.1 Å². The van der Waals surface area contributed by atoms with Crippen LogP contribution in [0.15, 0.2) is 0 Å². The molecule has 1 unspecified atom stereocenters. The lowest BCUT2D eigenvalue weighted by Crippen LogP contribution is -2.09. The third-order valence-electron chi connectivity index (χ3n) is 2.08. The molecule has 0 aromatic carbocycles. The zero-order valence-corrected chi connectivity index (χ0v) is 10.4. The number of rotatable bonds is 8. The van der Waals surface area contributed by atoms with Crippen LogP contribution in [0.3, 0.4) is 0 Å². The van der Waals surface area contributed by atoms with E-state index in [1.54, 1.807) is 0 Å². The summed E-state index contributed by atoms with van der Waals surface area (Å²) in [4.78, 5) is 10.9. The Hall–Kier alpha value is -0.180. The van der Waals surface area contributed by atoms with Crippen molar-refractivity contribution in [2.45, 2.75) is 51.2 Å². The zero-order valence-electron chi connectivity index (χ0n) is 9.54. The molecule has 14 heavy (non-hydrogen) atoms. The summed E-state index contributed by atoms with van der Waals surface area (Å²) in [7, 11) is 1.45. The highest BCUT2D eigenvalue weighted by Crippen LogP contribution is 2.16. The average Bonchev–Trinajstić information content (AvgIpc) is 2.17. The third-order valence-corrected chi connectivity index (χ3v) is 3.34. The molecule has 0 fully saturated rings. The molecule has 0 aliphatic rings. The second-order valence-electron chi connectivity index (χ2n) is 3.52. The summed E-state index contributed by atoms with van der Waals surface area (Å²) >= 11 is 1.87. The fourth-order valence-corrected chi connectivity index (χ4v) is 2.22. The predicted molar refractivity (Wildman–Crippen MR) is 62.7 cm³/mol. The van der Waals surface area contributed by atoms with Crippen molar-refractivity contribution in [3.8, 4) is 0 Å². The molecule has 3 heteroatoms. The van der Waals surface area contributed by atoms with Gasteiger partial charge in [-0.05, 0) is 12.2 Å². The highest BCUT2D eigenvalue weighted by molar-refractivity contribution is 7.99. The van der Waals surface area contributed by atoms with E-state index in [1.165, 1.54) is 32.8 Å². The van der Waals surface area contributed by atoms with Gasteiger partial charge in [-0.2, -0.15) is 11.8 Å². The summed E-state index contributed by atoms with van der Waals surface area (Å²) in [6, 6.07) is 0. The highest BCUT2D eigenvalue weighted by atomic mass is 32.2. The molecule has 2 nitrogen and oxygen atoms in total. The topological polar surface area (TPSA) is 26.3 Å². The van der Waals surface area contributed by atoms with Gasteiger partial charge in [0, 0.05) is 5.25 Å². The molecule has 0 aromatic rings. The summed E-state index contributed by atoms with van der Waals surface area (Å²) in [6.07, 6.45) is 5.72. The molecular formula is C11H22O2S. The molecule has 0 aliphatic carbocycles. The van der Waals surface area contributed by atoms with E-state index in [0.29, 0.717) is 11.7 Å². The molecule has 1 atom stereocenters. The van der Waals surface area contributed by atoms with E-state index in [1.807, 2.05) is 11.8 Å². The van der Waals surface area contributed by atoms with Gasteiger partial charge < -0.3 is 4.74 Å². The van der Waals surface area contributed by atoms with E-state index < -0.39 is 0 Å². The number of unbranched alkanes of at least 4 members (excludes halogenated alkanes) is 3. The Kier molecular flexibility index (Phi) is 9.26. The van der Waals surface area contributed by atoms with Crippen molar-refractivity contribution < 1.29 is 9.53 Å². The summed E-state index contributed by atoms with van der Waals surface area (Å²) in [5.41, 5.74) is 0. The van der Waals surface area contributed by atoms with E-state index in [4.69, 9.17) is 0 Å². The van der Waals surface area contributed by atoms with Crippen LogP contribution in [0.2, 0.25) is 0 Å². The van der Waals surface area contributed by atoms with Crippen LogP contribution < -0.4 is 0 Å². The van der Waals surface area contributed by atoms with Crippen molar-refractivity contribution in [2.24, 2.45) is 0 Å². The monoisotopic (exact) mass is 218 g/mol. The lowest BCUT2D eigenvalue weighted by Gasteiger charge is -2.09. The Balaban J connectivity index is 3.26. The number of methoxy groups -OCH3 is 1. The van der Waals surface area contributed by atoms with Gasteiger partial charge in [0.2, 0.25) is 0 Å². The first-order chi connectivity index (χ1) is 6.70. The lowest BCUT2D eigenvalue weighted by atomic mass is 10.2. The van der Waals surface area contributed by atoms with Gasteiger partial charge in [0.05, 0.1) is 13.5 Å². The van der Waals surface area contributed by atoms with Crippen LogP contribution in [0, 0.1) is 0 Å². The minimum Gasteiger partial charge on any atom is -0.469 e. The Bertz CT molecular complexity index is 148. The predicted octanol–water partition coefficient (Wildman–Crippen LogP) is 3.25. The van der Waals surface area contributed by atoms with Crippen molar-refractivity contribution in [1.29, 1.82) is 0 Å². The Morgan fingerprint density at radius 3 is 2.64 bits per heavy atom. The molecule has 84 valence electrons. The summed E-state index contributed by atoms with van der Waals surface area (Å²) in [5.74, 6) is 1.07. The zero-order chi connectivity index (χ0) is 10.8. The minimum atomic E-state index is -0.0986. The number of ether oxygens (including phenoxy) is 1. The van der Waals surface area contributed by atoms with E-state index >= 15 is 0 Å². The first kappa shape index (κ1) is 13.8. The average molecular weight is 218 g/mol. The fourth-order valence-electron chi connectivity index (χ4n) is 1.19. The smallest absolute Gasteiger partial charge is 0.306 e. The third kappa shape index (κ3) is 8.42. The number of carbonyl (C=O) groups is 1. The van der Waals surface area contributed by atoms with Crippen molar-refractivity contribution in [3.05, 3.63) is 0 Å². The van der Waals surface area contributed by atoms with E-state index in [9.17, 15) is 4.79 Å². The molecule has 0 spiro atoms. The maximum atomic E-state index is 10.9. The van der Waals surface area contributed by atoms with Crippen molar-refractivity contribution >= 4 is 17.7 Å². The number of esters is 1.